The third kappa shape index (κ3) is 4.04. The number of hydrogen-bond donors (Lipinski definition) is 1. The lowest BCUT2D eigenvalue weighted by molar-refractivity contribution is 0.384. The van der Waals surface area contributed by atoms with E-state index in [4.69, 9.17) is 5.41 Å². The van der Waals surface area contributed by atoms with Crippen LogP contribution in [-0.2, 0) is 0 Å². The molecule has 2 nitrogen and oxygen atoms in total. The molecule has 86 valence electrons. The Morgan fingerprint density at radius 2 is 2.06 bits per heavy atom. The van der Waals surface area contributed by atoms with Gasteiger partial charge in [-0.05, 0) is 22.0 Å². The fourth-order valence-corrected chi connectivity index (χ4v) is 2.71. The zero-order chi connectivity index (χ0) is 12.0. The van der Waals surface area contributed by atoms with Crippen LogP contribution in [0.25, 0.3) is 0 Å². The maximum absolute atomic E-state index is 8.01. The Hall–Kier alpha value is -0.710. The molecule has 0 aliphatic heterocycles. The first kappa shape index (κ1) is 13.4. The van der Waals surface area contributed by atoms with Gasteiger partial charge < -0.3 is 5.41 Å². The van der Waals surface area contributed by atoms with E-state index in [1.54, 1.807) is 11.3 Å². The predicted molar refractivity (Wildman–Crippen MR) is 75.7 cm³/mol. The molecule has 0 aliphatic rings. The highest BCUT2D eigenvalue weighted by Crippen LogP contribution is 2.20. The van der Waals surface area contributed by atoms with Crippen LogP contribution in [0.15, 0.2) is 41.2 Å². The van der Waals surface area contributed by atoms with Crippen molar-refractivity contribution < 1.29 is 0 Å². The van der Waals surface area contributed by atoms with Crippen LogP contribution in [-0.4, -0.2) is 30.2 Å². The molecule has 0 aliphatic carbocycles. The number of nitrogens with zero attached hydrogens (tertiary/aromatic N) is 1. The van der Waals surface area contributed by atoms with Gasteiger partial charge in [0.2, 0.25) is 0 Å². The monoisotopic (exact) mass is 298 g/mol. The van der Waals surface area contributed by atoms with Gasteiger partial charge in [0.05, 0.1) is 10.6 Å². The van der Waals surface area contributed by atoms with Crippen molar-refractivity contribution in [3.8, 4) is 0 Å². The van der Waals surface area contributed by atoms with E-state index >= 15 is 0 Å². The van der Waals surface area contributed by atoms with E-state index < -0.39 is 0 Å². The molecule has 0 spiro atoms. The first-order valence-corrected chi connectivity index (χ1v) is 6.60. The fourth-order valence-electron chi connectivity index (χ4n) is 1.34. The van der Waals surface area contributed by atoms with Crippen LogP contribution in [0.3, 0.4) is 0 Å². The van der Waals surface area contributed by atoms with Gasteiger partial charge in [-0.15, -0.1) is 24.5 Å². The average Bonchev–Trinajstić information content (AvgIpc) is 2.65. The molecule has 0 fully saturated rings. The Morgan fingerprint density at radius 3 is 2.50 bits per heavy atom. The first-order valence-electron chi connectivity index (χ1n) is 4.93. The van der Waals surface area contributed by atoms with Crippen LogP contribution in [0.1, 0.15) is 4.88 Å². The van der Waals surface area contributed by atoms with Crippen molar-refractivity contribution in [2.24, 2.45) is 0 Å². The summed E-state index contributed by atoms with van der Waals surface area (Å²) >= 11 is 4.98. The van der Waals surface area contributed by atoms with Gasteiger partial charge in [0, 0.05) is 29.5 Å². The Labute approximate surface area is 109 Å². The normalized spacial score (nSPS) is 10.4. The molecule has 0 bridgehead atoms. The van der Waals surface area contributed by atoms with Gasteiger partial charge in [-0.2, -0.15) is 0 Å². The van der Waals surface area contributed by atoms with Crippen molar-refractivity contribution in [2.75, 3.05) is 19.6 Å². The summed E-state index contributed by atoms with van der Waals surface area (Å²) < 4.78 is 1.04. The molecule has 0 saturated carbocycles. The smallest absolute Gasteiger partial charge is 0.0626 e. The summed E-state index contributed by atoms with van der Waals surface area (Å²) in [5.41, 5.74) is 0.638. The molecular weight excluding hydrogens is 284 g/mol. The molecule has 16 heavy (non-hydrogen) atoms. The summed E-state index contributed by atoms with van der Waals surface area (Å²) in [5.74, 6) is 0. The van der Waals surface area contributed by atoms with Crippen molar-refractivity contribution in [3.05, 3.63) is 46.1 Å². The lowest BCUT2D eigenvalue weighted by atomic mass is 10.3. The molecule has 1 aromatic heterocycles. The molecule has 0 saturated heterocycles. The van der Waals surface area contributed by atoms with Crippen LogP contribution in [0.2, 0.25) is 0 Å². The molecule has 4 heteroatoms. The van der Waals surface area contributed by atoms with Gasteiger partial charge in [-0.3, -0.25) is 4.90 Å². The van der Waals surface area contributed by atoms with Gasteiger partial charge in [-0.25, -0.2) is 0 Å². The summed E-state index contributed by atoms with van der Waals surface area (Å²) in [6, 6.07) is 1.98. The minimum Gasteiger partial charge on any atom is -0.302 e. The minimum absolute atomic E-state index is 0.630. The number of nitrogens with one attached hydrogen (secondary N) is 1. The van der Waals surface area contributed by atoms with Gasteiger partial charge >= 0.3 is 0 Å². The van der Waals surface area contributed by atoms with Crippen LogP contribution in [0.5, 0.6) is 0 Å². The lowest BCUT2D eigenvalue weighted by Crippen LogP contribution is -2.29. The highest BCUT2D eigenvalue weighted by molar-refractivity contribution is 9.10. The molecule has 1 heterocycles. The molecule has 1 N–H and O–H groups in total. The molecule has 0 unspecified atom stereocenters. The van der Waals surface area contributed by atoms with Crippen molar-refractivity contribution in [2.45, 2.75) is 0 Å². The van der Waals surface area contributed by atoms with Crippen molar-refractivity contribution in [1.82, 2.24) is 4.90 Å². The number of hydrogen-bond acceptors (Lipinski definition) is 3. The van der Waals surface area contributed by atoms with Gasteiger partial charge in [0.1, 0.15) is 0 Å². The van der Waals surface area contributed by atoms with Gasteiger partial charge in [-0.1, -0.05) is 12.2 Å². The number of rotatable bonds is 7. The Balaban J connectivity index is 2.60. The minimum atomic E-state index is 0.630. The summed E-state index contributed by atoms with van der Waals surface area (Å²) in [6.07, 6.45) is 3.70. The molecule has 1 rings (SSSR count). The largest absolute Gasteiger partial charge is 0.302 e. The van der Waals surface area contributed by atoms with E-state index in [9.17, 15) is 0 Å². The second kappa shape index (κ2) is 6.78. The third-order valence-corrected chi connectivity index (χ3v) is 3.77. The highest BCUT2D eigenvalue weighted by atomic mass is 79.9. The van der Waals surface area contributed by atoms with Crippen LogP contribution < -0.4 is 0 Å². The molecule has 0 aromatic carbocycles. The number of halogens is 1. The van der Waals surface area contributed by atoms with Gasteiger partial charge in [0.15, 0.2) is 0 Å². The maximum Gasteiger partial charge on any atom is 0.0626 e. The van der Waals surface area contributed by atoms with Crippen LogP contribution in [0.4, 0.5) is 0 Å². The Morgan fingerprint density at radius 1 is 1.44 bits per heavy atom. The average molecular weight is 299 g/mol. The van der Waals surface area contributed by atoms with E-state index in [-0.39, 0.29) is 0 Å². The molecule has 0 amide bonds. The SMILES string of the molecule is C=CCN(CC=C)CC(=N)c1cc(Br)cs1. The van der Waals surface area contributed by atoms with Crippen molar-refractivity contribution in [3.63, 3.8) is 0 Å². The Kier molecular flexibility index (Phi) is 5.66. The number of thiophene rings is 1. The molecule has 0 radical (unpaired) electrons. The molecular formula is C12H15BrN2S. The van der Waals surface area contributed by atoms with Gasteiger partial charge in [0.25, 0.3) is 0 Å². The predicted octanol–water partition coefficient (Wildman–Crippen LogP) is 3.55. The second-order valence-electron chi connectivity index (χ2n) is 3.38. The Bertz CT molecular complexity index is 374. The van der Waals surface area contributed by atoms with E-state index in [1.807, 2.05) is 23.6 Å². The first-order chi connectivity index (χ1) is 7.67. The highest BCUT2D eigenvalue weighted by Gasteiger charge is 2.08. The third-order valence-electron chi connectivity index (χ3n) is 2.02. The maximum atomic E-state index is 8.01. The standard InChI is InChI=1S/C12H15BrN2S/c1-3-5-15(6-4-2)8-11(14)12-7-10(13)9-16-12/h3-4,7,9,14H,1-2,5-6,8H2. The summed E-state index contributed by atoms with van der Waals surface area (Å²) in [6.45, 7) is 9.62. The van der Waals surface area contributed by atoms with E-state index in [0.717, 1.165) is 22.4 Å². The topological polar surface area (TPSA) is 27.1 Å². The quantitative estimate of drug-likeness (QED) is 0.605. The van der Waals surface area contributed by atoms with E-state index in [2.05, 4.69) is 34.0 Å². The summed E-state index contributed by atoms with van der Waals surface area (Å²) in [4.78, 5) is 3.13. The summed E-state index contributed by atoms with van der Waals surface area (Å²) in [7, 11) is 0. The zero-order valence-electron chi connectivity index (χ0n) is 9.08. The second-order valence-corrected chi connectivity index (χ2v) is 5.21. The fraction of sp³-hybridized carbons (Fsp3) is 0.250. The van der Waals surface area contributed by atoms with Crippen molar-refractivity contribution >= 4 is 33.0 Å². The van der Waals surface area contributed by atoms with Crippen molar-refractivity contribution in [1.29, 1.82) is 5.41 Å². The zero-order valence-corrected chi connectivity index (χ0v) is 11.5. The summed E-state index contributed by atoms with van der Waals surface area (Å²) in [5, 5.41) is 10.0. The van der Waals surface area contributed by atoms with E-state index in [1.165, 1.54) is 0 Å². The van der Waals surface area contributed by atoms with Crippen LogP contribution >= 0.6 is 27.3 Å². The lowest BCUT2D eigenvalue weighted by Gasteiger charge is -2.18. The molecule has 1 aromatic rings. The molecule has 0 atom stereocenters. The van der Waals surface area contributed by atoms with Crippen LogP contribution in [0, 0.1) is 5.41 Å². The van der Waals surface area contributed by atoms with E-state index in [0.29, 0.717) is 12.3 Å².